The molecule has 4 amide bonds. The van der Waals surface area contributed by atoms with Crippen molar-refractivity contribution in [1.82, 2.24) is 25.7 Å². The molecule has 2 aliphatic rings. The Morgan fingerprint density at radius 3 is 2.45 bits per heavy atom. The van der Waals surface area contributed by atoms with Crippen LogP contribution in [0.1, 0.15) is 52.0 Å². The van der Waals surface area contributed by atoms with E-state index in [1.54, 1.807) is 57.0 Å². The van der Waals surface area contributed by atoms with Crippen LogP contribution in [0.15, 0.2) is 45.8 Å². The van der Waals surface area contributed by atoms with Crippen molar-refractivity contribution in [2.24, 2.45) is 0 Å². The second kappa shape index (κ2) is 12.8. The summed E-state index contributed by atoms with van der Waals surface area (Å²) in [4.78, 5) is 45.6. The maximum Gasteiger partial charge on any atom is 0.408 e. The molecule has 1 fully saturated rings. The Labute approximate surface area is 276 Å². The summed E-state index contributed by atoms with van der Waals surface area (Å²) >= 11 is 6.06. The molecule has 3 heterocycles. The number of urea groups is 1. The standard InChI is InChI=1S/C31H36ClFN6O7S/c1-30(2,3)45-29(42)35-22-17-47(43,44)24-15-21(33)20(14-23(24)39(26(22)40)16-18-6-8-19(32)9-7-18)25-36-27(46-37-25)31(4)10-12-38(13-11-31)28(41)34-5/h6-9,14-15,22H,10-13,16-17H2,1-5H3,(H,34,41)(H,35,42)/t22-/m0/s1. The lowest BCUT2D eigenvalue weighted by atomic mass is 9.80. The predicted molar refractivity (Wildman–Crippen MR) is 170 cm³/mol. The fraction of sp³-hybridized carbons (Fsp3) is 0.452. The summed E-state index contributed by atoms with van der Waals surface area (Å²) in [6.07, 6.45) is 0.0504. The van der Waals surface area contributed by atoms with Gasteiger partial charge in [-0.05, 0) is 63.4 Å². The Bertz CT molecular complexity index is 1800. The van der Waals surface area contributed by atoms with Crippen LogP contribution in [-0.2, 0) is 31.3 Å². The van der Waals surface area contributed by atoms with Gasteiger partial charge in [0.05, 0.1) is 33.9 Å². The number of likely N-dealkylation sites (tertiary alicyclic amines) is 1. The minimum absolute atomic E-state index is 0.119. The highest BCUT2D eigenvalue weighted by molar-refractivity contribution is 7.91. The summed E-state index contributed by atoms with van der Waals surface area (Å²) in [6, 6.07) is 6.86. The van der Waals surface area contributed by atoms with E-state index in [9.17, 15) is 22.8 Å². The highest BCUT2D eigenvalue weighted by atomic mass is 35.5. The van der Waals surface area contributed by atoms with Crippen LogP contribution in [0, 0.1) is 5.82 Å². The number of hydrogen-bond acceptors (Lipinski definition) is 9. The van der Waals surface area contributed by atoms with Crippen LogP contribution in [0.3, 0.4) is 0 Å². The van der Waals surface area contributed by atoms with Crippen molar-refractivity contribution >= 4 is 45.2 Å². The van der Waals surface area contributed by atoms with Gasteiger partial charge in [-0.1, -0.05) is 35.8 Å². The Morgan fingerprint density at radius 1 is 1.17 bits per heavy atom. The van der Waals surface area contributed by atoms with E-state index < -0.39 is 55.4 Å². The summed E-state index contributed by atoms with van der Waals surface area (Å²) < 4.78 is 54.0. The molecule has 0 saturated carbocycles. The maximum atomic E-state index is 15.8. The number of fused-ring (bicyclic) bond motifs is 1. The lowest BCUT2D eigenvalue weighted by Gasteiger charge is -2.36. The van der Waals surface area contributed by atoms with Gasteiger partial charge in [-0.15, -0.1) is 0 Å². The van der Waals surface area contributed by atoms with Gasteiger partial charge >= 0.3 is 12.1 Å². The van der Waals surface area contributed by atoms with Gasteiger partial charge in [-0.2, -0.15) is 4.98 Å². The predicted octanol–water partition coefficient (Wildman–Crippen LogP) is 4.44. The van der Waals surface area contributed by atoms with Gasteiger partial charge in [0, 0.05) is 25.2 Å². The number of amides is 4. The van der Waals surface area contributed by atoms with E-state index in [1.165, 1.54) is 11.0 Å². The number of ether oxygens (including phenoxy) is 1. The number of anilines is 1. The largest absolute Gasteiger partial charge is 0.444 e. The van der Waals surface area contributed by atoms with Gasteiger partial charge in [-0.25, -0.2) is 22.4 Å². The van der Waals surface area contributed by atoms with Crippen LogP contribution >= 0.6 is 11.6 Å². The molecule has 16 heteroatoms. The highest BCUT2D eigenvalue weighted by Gasteiger charge is 2.41. The molecule has 5 rings (SSSR count). The molecule has 0 spiro atoms. The van der Waals surface area contributed by atoms with E-state index >= 15 is 4.39 Å². The first-order chi connectivity index (χ1) is 22.0. The third-order valence-corrected chi connectivity index (χ3v) is 10.1. The molecule has 13 nitrogen and oxygen atoms in total. The normalized spacial score (nSPS) is 19.0. The van der Waals surface area contributed by atoms with Crippen LogP contribution in [0.4, 0.5) is 19.7 Å². The Kier molecular flexibility index (Phi) is 9.25. The fourth-order valence-electron chi connectivity index (χ4n) is 5.50. The molecule has 2 aromatic carbocycles. The van der Waals surface area contributed by atoms with E-state index in [0.717, 1.165) is 6.07 Å². The number of carbonyl (C=O) groups is 3. The van der Waals surface area contributed by atoms with E-state index in [0.29, 0.717) is 36.5 Å². The summed E-state index contributed by atoms with van der Waals surface area (Å²) in [5, 5.41) is 9.45. The number of alkyl carbamates (subject to hydrolysis) is 1. The number of piperidine rings is 1. The lowest BCUT2D eigenvalue weighted by molar-refractivity contribution is -0.120. The SMILES string of the molecule is CNC(=O)N1CCC(C)(c2nc(-c3cc4c(cc3F)S(=O)(=O)C[C@H](NC(=O)OC(C)(C)C)C(=O)N4Cc3ccc(Cl)cc3)no2)CC1. The zero-order chi connectivity index (χ0) is 34.3. The van der Waals surface area contributed by atoms with Gasteiger partial charge < -0.3 is 29.7 Å². The van der Waals surface area contributed by atoms with Gasteiger partial charge in [0.1, 0.15) is 17.5 Å². The van der Waals surface area contributed by atoms with Gasteiger partial charge in [0.25, 0.3) is 5.91 Å². The quantitative estimate of drug-likeness (QED) is 0.394. The van der Waals surface area contributed by atoms with Crippen molar-refractivity contribution in [2.75, 3.05) is 30.8 Å². The molecule has 47 heavy (non-hydrogen) atoms. The van der Waals surface area contributed by atoms with Crippen LogP contribution in [0.25, 0.3) is 11.4 Å². The second-order valence-corrected chi connectivity index (χ2v) is 15.3. The van der Waals surface area contributed by atoms with E-state index in [-0.39, 0.29) is 35.5 Å². The number of sulfone groups is 1. The molecule has 1 atom stereocenters. The molecule has 0 bridgehead atoms. The van der Waals surface area contributed by atoms with Crippen molar-refractivity contribution < 1.29 is 36.5 Å². The van der Waals surface area contributed by atoms with Gasteiger partial charge in [0.2, 0.25) is 11.7 Å². The first-order valence-electron chi connectivity index (χ1n) is 14.9. The van der Waals surface area contributed by atoms with E-state index in [2.05, 4.69) is 20.8 Å². The lowest BCUT2D eigenvalue weighted by Crippen LogP contribution is -2.51. The smallest absolute Gasteiger partial charge is 0.408 e. The molecule has 2 aliphatic heterocycles. The molecule has 3 aromatic rings. The number of halogens is 2. The zero-order valence-electron chi connectivity index (χ0n) is 26.6. The summed E-state index contributed by atoms with van der Waals surface area (Å²) in [7, 11) is -2.78. The molecular weight excluding hydrogens is 655 g/mol. The molecular formula is C31H36ClFN6O7S. The molecule has 0 radical (unpaired) electrons. The number of hydrogen-bond donors (Lipinski definition) is 2. The molecule has 1 saturated heterocycles. The summed E-state index contributed by atoms with van der Waals surface area (Å²) in [5.41, 5.74) is -1.23. The minimum Gasteiger partial charge on any atom is -0.444 e. The topological polar surface area (TPSA) is 164 Å². The van der Waals surface area contributed by atoms with Gasteiger partial charge in [-0.3, -0.25) is 4.79 Å². The van der Waals surface area contributed by atoms with Crippen LogP contribution in [0.5, 0.6) is 0 Å². The Morgan fingerprint density at radius 2 is 1.83 bits per heavy atom. The molecule has 252 valence electrons. The Hall–Kier alpha value is -4.24. The van der Waals surface area contributed by atoms with Crippen molar-refractivity contribution in [3.05, 3.63) is 58.7 Å². The maximum absolute atomic E-state index is 15.8. The third-order valence-electron chi connectivity index (χ3n) is 8.12. The molecule has 0 unspecified atom stereocenters. The highest BCUT2D eigenvalue weighted by Crippen LogP contribution is 2.39. The van der Waals surface area contributed by atoms with E-state index in [4.69, 9.17) is 20.9 Å². The third kappa shape index (κ3) is 7.35. The van der Waals surface area contributed by atoms with Crippen molar-refractivity contribution in [1.29, 1.82) is 0 Å². The number of benzene rings is 2. The average Bonchev–Trinajstić information content (AvgIpc) is 3.48. The zero-order valence-corrected chi connectivity index (χ0v) is 28.2. The average molecular weight is 691 g/mol. The van der Waals surface area contributed by atoms with Gasteiger partial charge in [0.15, 0.2) is 9.84 Å². The summed E-state index contributed by atoms with van der Waals surface area (Å²) in [6.45, 7) is 7.55. The minimum atomic E-state index is -4.33. The first-order valence-corrected chi connectivity index (χ1v) is 17.0. The van der Waals surface area contributed by atoms with Crippen LogP contribution < -0.4 is 15.5 Å². The number of nitrogens with zero attached hydrogens (tertiary/aromatic N) is 4. The monoisotopic (exact) mass is 690 g/mol. The van der Waals surface area contributed by atoms with Crippen molar-refractivity contribution in [2.45, 2.75) is 69.0 Å². The molecule has 2 N–H and O–H groups in total. The fourth-order valence-corrected chi connectivity index (χ4v) is 7.25. The van der Waals surface area contributed by atoms with Crippen LogP contribution in [-0.4, -0.2) is 79.0 Å². The Balaban J connectivity index is 1.54. The van der Waals surface area contributed by atoms with E-state index in [1.807, 2.05) is 6.92 Å². The molecule has 0 aliphatic carbocycles. The summed E-state index contributed by atoms with van der Waals surface area (Å²) in [5.74, 6) is -2.43. The molecule has 1 aromatic heterocycles. The first kappa shape index (κ1) is 34.1. The number of aromatic nitrogens is 2. The number of carbonyl (C=O) groups excluding carboxylic acids is 3. The van der Waals surface area contributed by atoms with Crippen molar-refractivity contribution in [3.8, 4) is 11.4 Å². The van der Waals surface area contributed by atoms with Crippen LogP contribution in [0.2, 0.25) is 5.02 Å². The number of nitrogens with one attached hydrogen (secondary N) is 2. The van der Waals surface area contributed by atoms with Crippen molar-refractivity contribution in [3.63, 3.8) is 0 Å². The second-order valence-electron chi connectivity index (χ2n) is 12.9. The number of rotatable bonds is 5.